The number of allylic oxidation sites excluding steroid dienone is 2. The number of nitrogens with one attached hydrogen (secondary N) is 2. The molecule has 1 heterocycles. The Bertz CT molecular complexity index is 1960. The maximum Gasteiger partial charge on any atom is 0.411 e. The highest BCUT2D eigenvalue weighted by molar-refractivity contribution is 9.09. The lowest BCUT2D eigenvalue weighted by molar-refractivity contribution is -0.266. The van der Waals surface area contributed by atoms with Crippen molar-refractivity contribution in [1.29, 1.82) is 0 Å². The molecule has 3 aliphatic rings. The number of benzene rings is 1. The normalized spacial score (nSPS) is 25.8. The van der Waals surface area contributed by atoms with Crippen LogP contribution in [0.5, 0.6) is 11.5 Å². The van der Waals surface area contributed by atoms with Gasteiger partial charge in [0.15, 0.2) is 35.3 Å². The van der Waals surface area contributed by atoms with Crippen molar-refractivity contribution >= 4 is 60.9 Å². The van der Waals surface area contributed by atoms with Crippen LogP contribution in [-0.4, -0.2) is 124 Å². The van der Waals surface area contributed by atoms with Gasteiger partial charge in [0.2, 0.25) is 5.78 Å². The van der Waals surface area contributed by atoms with Crippen molar-refractivity contribution in [3.8, 4) is 35.2 Å². The molecular formula is C38H42N2O14S3. The molecule has 2 amide bonds. The summed E-state index contributed by atoms with van der Waals surface area (Å²) in [6.07, 6.45) is -3.21. The van der Waals surface area contributed by atoms with Crippen LogP contribution in [0.1, 0.15) is 23.7 Å². The molecule has 7 atom stereocenters. The van der Waals surface area contributed by atoms with Crippen molar-refractivity contribution in [2.75, 3.05) is 52.9 Å². The number of ether oxygens (including phenoxy) is 8. The predicted octanol–water partition coefficient (Wildman–Crippen LogP) is 3.31. The molecule has 306 valence electrons. The number of hydrogen-bond donors (Lipinski definition) is 4. The van der Waals surface area contributed by atoms with E-state index >= 15 is 0 Å². The molecule has 19 heteroatoms. The number of carbonyl (C=O) groups excluding carboxylic acids is 4. The van der Waals surface area contributed by atoms with Crippen molar-refractivity contribution in [3.63, 3.8) is 0 Å². The number of aliphatic hydroxyl groups excluding tert-OH is 1. The maximum absolute atomic E-state index is 14.5. The third-order valence-corrected chi connectivity index (χ3v) is 12.4. The van der Waals surface area contributed by atoms with Gasteiger partial charge in [0.1, 0.15) is 18.3 Å². The van der Waals surface area contributed by atoms with E-state index in [1.165, 1.54) is 91.1 Å². The fraction of sp³-hybridized carbons (Fsp3) is 0.421. The van der Waals surface area contributed by atoms with Gasteiger partial charge in [-0.15, -0.1) is 0 Å². The van der Waals surface area contributed by atoms with Crippen molar-refractivity contribution in [2.24, 2.45) is 0 Å². The average Bonchev–Trinajstić information content (AvgIpc) is 3.20. The van der Waals surface area contributed by atoms with Crippen LogP contribution in [0.3, 0.4) is 0 Å². The summed E-state index contributed by atoms with van der Waals surface area (Å²) in [5.41, 5.74) is -2.84. The van der Waals surface area contributed by atoms with Gasteiger partial charge in [0.25, 0.3) is 5.91 Å². The van der Waals surface area contributed by atoms with Gasteiger partial charge < -0.3 is 53.4 Å². The van der Waals surface area contributed by atoms with Crippen molar-refractivity contribution in [2.45, 2.75) is 55.8 Å². The second-order valence-corrected chi connectivity index (χ2v) is 16.3. The lowest BCUT2D eigenvalue weighted by atomic mass is 9.73. The molecule has 0 spiro atoms. The second kappa shape index (κ2) is 20.7. The highest BCUT2D eigenvalue weighted by Crippen LogP contribution is 2.42. The zero-order valence-corrected chi connectivity index (χ0v) is 34.4. The number of carbonyl (C=O) groups is 4. The fourth-order valence-electron chi connectivity index (χ4n) is 5.85. The molecule has 1 aromatic carbocycles. The van der Waals surface area contributed by atoms with E-state index < -0.39 is 66.2 Å². The molecule has 1 aromatic rings. The molecule has 4 rings (SSSR count). The molecular weight excluding hydrogens is 805 g/mol. The number of anilines is 1. The molecule has 1 aliphatic heterocycles. The molecule has 1 unspecified atom stereocenters. The molecule has 4 N–H and O–H groups in total. The quantitative estimate of drug-likeness (QED) is 0.0499. The van der Waals surface area contributed by atoms with Gasteiger partial charge in [0, 0.05) is 42.6 Å². The number of esters is 1. The van der Waals surface area contributed by atoms with Crippen LogP contribution < -0.4 is 20.1 Å². The highest BCUT2D eigenvalue weighted by Gasteiger charge is 2.55. The minimum Gasteiger partial charge on any atom is -0.493 e. The van der Waals surface area contributed by atoms with Gasteiger partial charge in [-0.25, -0.2) is 9.59 Å². The number of amides is 2. The highest BCUT2D eigenvalue weighted by atomic mass is 33.5. The summed E-state index contributed by atoms with van der Waals surface area (Å²) >= 11 is 0. The van der Waals surface area contributed by atoms with Crippen LogP contribution in [0.2, 0.25) is 0 Å². The van der Waals surface area contributed by atoms with Crippen molar-refractivity contribution in [3.05, 3.63) is 65.1 Å². The zero-order valence-electron chi connectivity index (χ0n) is 32.0. The van der Waals surface area contributed by atoms with E-state index in [0.717, 1.165) is 7.11 Å². The summed E-state index contributed by atoms with van der Waals surface area (Å²) in [7, 11) is 10.8. The van der Waals surface area contributed by atoms with Crippen LogP contribution >= 0.6 is 31.4 Å². The minimum absolute atomic E-state index is 0.0363. The lowest BCUT2D eigenvalue weighted by Crippen LogP contribution is -2.59. The summed E-state index contributed by atoms with van der Waals surface area (Å²) in [5.74, 6) is 8.81. The first kappa shape index (κ1) is 45.1. The second-order valence-electron chi connectivity index (χ2n) is 12.0. The van der Waals surface area contributed by atoms with Crippen LogP contribution in [0.25, 0.3) is 0 Å². The van der Waals surface area contributed by atoms with Crippen LogP contribution in [0.4, 0.5) is 10.5 Å². The minimum atomic E-state index is -2.38. The topological polar surface area (TPSA) is 207 Å². The Kier molecular flexibility index (Phi) is 16.4. The molecule has 0 aromatic heterocycles. The molecule has 1 fully saturated rings. The molecule has 0 saturated carbocycles. The number of Topliss-reactive ketones (excluding diaryl/α,β-unsaturated/α-hetero) is 1. The van der Waals surface area contributed by atoms with Crippen molar-refractivity contribution in [1.82, 2.24) is 5.32 Å². The summed E-state index contributed by atoms with van der Waals surface area (Å²) in [4.78, 5) is 53.7. The number of fused-ring (bicyclic) bond motifs is 2. The molecule has 1 saturated heterocycles. The molecule has 2 bridgehead atoms. The number of rotatable bonds is 15. The lowest BCUT2D eigenvalue weighted by Gasteiger charge is -2.43. The first-order valence-electron chi connectivity index (χ1n) is 16.9. The van der Waals surface area contributed by atoms with E-state index in [2.05, 4.69) is 40.9 Å². The molecule has 0 radical (unpaired) electrons. The predicted molar refractivity (Wildman–Crippen MR) is 213 cm³/mol. The van der Waals surface area contributed by atoms with Gasteiger partial charge in [0.05, 0.1) is 51.5 Å². The van der Waals surface area contributed by atoms with Gasteiger partial charge in [-0.1, -0.05) is 57.9 Å². The van der Waals surface area contributed by atoms with Gasteiger partial charge in [-0.2, -0.15) is 0 Å². The standard InChI is InChI=1S/C38H42N2O14S3/c1-20-32(41)28(53-36(44)22-17-26(49-5)27(50-6)18-24(22)39-35(43)21(2)47-3)19-29(52-20)54-34-33(42)31(40-37(45)51-7)30-23(14-16-56-57-55-8)38(34,46)15-12-10-9-11-13-25(30)48-4/h9-10,14,17-18,20,25,28-29,32,34,41,46H,2,16,19H2,1,3-8H3,(H,39,43)(H,40,45)/t20-,25+,28-,29?,32+,34-,38-/m1/s1. The van der Waals surface area contributed by atoms with Crippen molar-refractivity contribution < 1.29 is 67.3 Å². The van der Waals surface area contributed by atoms with Crippen LogP contribution in [0.15, 0.2) is 59.5 Å². The van der Waals surface area contributed by atoms with E-state index in [9.17, 15) is 29.4 Å². The van der Waals surface area contributed by atoms with Gasteiger partial charge in [-0.3, -0.25) is 14.9 Å². The van der Waals surface area contributed by atoms with Crippen LogP contribution in [-0.2, 0) is 38.0 Å². The first-order valence-corrected chi connectivity index (χ1v) is 20.9. The third-order valence-electron chi connectivity index (χ3n) is 8.63. The number of aliphatic hydroxyl groups is 2. The Labute approximate surface area is 341 Å². The average molecular weight is 847 g/mol. The third kappa shape index (κ3) is 10.5. The van der Waals surface area contributed by atoms with E-state index in [0.29, 0.717) is 5.75 Å². The summed E-state index contributed by atoms with van der Waals surface area (Å²) in [6.45, 7) is 5.01. The summed E-state index contributed by atoms with van der Waals surface area (Å²) < 4.78 is 44.1. The summed E-state index contributed by atoms with van der Waals surface area (Å²) in [5, 5.41) is 28.7. The number of alkyl carbamates (subject to hydrolysis) is 1. The number of hydrogen-bond acceptors (Lipinski definition) is 17. The zero-order chi connectivity index (χ0) is 41.9. The van der Waals surface area contributed by atoms with E-state index in [1.807, 2.05) is 6.26 Å². The van der Waals surface area contributed by atoms with Gasteiger partial charge >= 0.3 is 12.1 Å². The molecule has 57 heavy (non-hydrogen) atoms. The Balaban J connectivity index is 1.76. The summed E-state index contributed by atoms with van der Waals surface area (Å²) in [6, 6.07) is 2.61. The van der Waals surface area contributed by atoms with Gasteiger partial charge in [-0.05, 0) is 35.2 Å². The van der Waals surface area contributed by atoms with E-state index in [1.54, 1.807) is 6.08 Å². The Morgan fingerprint density at radius 1 is 1.07 bits per heavy atom. The largest absolute Gasteiger partial charge is 0.493 e. The van der Waals surface area contributed by atoms with Crippen LogP contribution in [0, 0.1) is 23.7 Å². The smallest absolute Gasteiger partial charge is 0.411 e. The number of methoxy groups -OCH3 is 5. The first-order chi connectivity index (χ1) is 27.3. The Hall–Kier alpha value is -4.57. The fourth-order valence-corrected chi connectivity index (χ4v) is 8.26. The monoisotopic (exact) mass is 846 g/mol. The molecule has 16 nitrogen and oxygen atoms in total. The Morgan fingerprint density at radius 2 is 1.77 bits per heavy atom. The SMILES string of the molecule is C=C(OC)C(=O)Nc1cc(OC)c(OC)cc1C(=O)O[C@@H]1CC(O[C@@H]2C(=O)C(NC(=O)OC)=C3C(=CCSSSC)[C@]2(O)C#CC=CC#C[C@@H]3OC)O[C@H](C)[C@@H]1O. The Morgan fingerprint density at radius 3 is 2.42 bits per heavy atom. The number of ketones is 1. The van der Waals surface area contributed by atoms with E-state index in [-0.39, 0.29) is 51.8 Å². The maximum atomic E-state index is 14.5. The molecule has 2 aliphatic carbocycles. The van der Waals surface area contributed by atoms with E-state index in [4.69, 9.17) is 37.9 Å².